The van der Waals surface area contributed by atoms with Gasteiger partial charge in [-0.3, -0.25) is 9.59 Å². The van der Waals surface area contributed by atoms with Gasteiger partial charge in [0.1, 0.15) is 5.41 Å². The Labute approximate surface area is 101 Å². The largest absolute Gasteiger partial charge is 0.468 e. The number of rotatable bonds is 6. The van der Waals surface area contributed by atoms with Gasteiger partial charge in [0.25, 0.3) is 0 Å². The Balaban J connectivity index is 2.58. The third kappa shape index (κ3) is 2.78. The predicted octanol–water partition coefficient (Wildman–Crippen LogP) is 2.43. The quantitative estimate of drug-likeness (QED) is 0.409. The van der Waals surface area contributed by atoms with Crippen LogP contribution in [0.15, 0.2) is 0 Å². The number of ketones is 1. The average molecular weight is 244 g/mol. The molecule has 1 rings (SSSR count). The van der Waals surface area contributed by atoms with Crippen LogP contribution in [-0.4, -0.2) is 30.4 Å². The van der Waals surface area contributed by atoms with Crippen molar-refractivity contribution in [1.29, 1.82) is 0 Å². The summed E-state index contributed by atoms with van der Waals surface area (Å²) in [5, 5.41) is 0. The molecule has 0 saturated carbocycles. The lowest BCUT2D eigenvalue weighted by atomic mass is 9.81. The van der Waals surface area contributed by atoms with Gasteiger partial charge in [-0.05, 0) is 6.42 Å². The molecule has 16 heavy (non-hydrogen) atoms. The van der Waals surface area contributed by atoms with Crippen LogP contribution >= 0.6 is 11.8 Å². The molecule has 0 aliphatic carbocycles. The number of carbonyl (C=O) groups is 2. The molecule has 0 aromatic heterocycles. The second kappa shape index (κ2) is 6.28. The number of hydrogen-bond donors (Lipinski definition) is 0. The van der Waals surface area contributed by atoms with Gasteiger partial charge in [0.2, 0.25) is 0 Å². The summed E-state index contributed by atoms with van der Waals surface area (Å²) in [4.78, 5) is 23.6. The van der Waals surface area contributed by atoms with Crippen molar-refractivity contribution >= 4 is 23.5 Å². The minimum atomic E-state index is -0.826. The van der Waals surface area contributed by atoms with E-state index >= 15 is 0 Å². The van der Waals surface area contributed by atoms with E-state index in [0.717, 1.165) is 19.3 Å². The lowest BCUT2D eigenvalue weighted by Crippen LogP contribution is -2.39. The molecule has 92 valence electrons. The maximum absolute atomic E-state index is 11.8. The molecule has 4 heteroatoms. The number of methoxy groups -OCH3 is 1. The van der Waals surface area contributed by atoms with Gasteiger partial charge in [0.15, 0.2) is 5.78 Å². The standard InChI is InChI=1S/C12H20O3S/c1-3-4-5-6-7-12(11(14)15-2)9-16-8-10(12)13/h3-9H2,1-2H3. The van der Waals surface area contributed by atoms with Crippen LogP contribution in [0, 0.1) is 5.41 Å². The Bertz CT molecular complexity index is 265. The van der Waals surface area contributed by atoms with Crippen LogP contribution in [-0.2, 0) is 14.3 Å². The average Bonchev–Trinajstić information content (AvgIpc) is 2.66. The molecule has 1 atom stereocenters. The van der Waals surface area contributed by atoms with Crippen LogP contribution in [0.5, 0.6) is 0 Å². The number of ether oxygens (including phenoxy) is 1. The Morgan fingerprint density at radius 3 is 2.69 bits per heavy atom. The van der Waals surface area contributed by atoms with Crippen LogP contribution in [0.2, 0.25) is 0 Å². The number of esters is 1. The van der Waals surface area contributed by atoms with E-state index in [2.05, 4.69) is 6.92 Å². The van der Waals surface area contributed by atoms with E-state index in [1.807, 2.05) is 0 Å². The SMILES string of the molecule is CCCCCCC1(C(=O)OC)CSCC1=O. The molecule has 1 saturated heterocycles. The van der Waals surface area contributed by atoms with Gasteiger partial charge in [-0.1, -0.05) is 32.6 Å². The Morgan fingerprint density at radius 2 is 2.19 bits per heavy atom. The summed E-state index contributed by atoms with van der Waals surface area (Å²) in [6.07, 6.45) is 5.01. The van der Waals surface area contributed by atoms with Crippen molar-refractivity contribution in [2.24, 2.45) is 5.41 Å². The van der Waals surface area contributed by atoms with Crippen LogP contribution in [0.25, 0.3) is 0 Å². The summed E-state index contributed by atoms with van der Waals surface area (Å²) in [6, 6.07) is 0. The summed E-state index contributed by atoms with van der Waals surface area (Å²) >= 11 is 1.55. The highest BCUT2D eigenvalue weighted by Crippen LogP contribution is 2.38. The summed E-state index contributed by atoms with van der Waals surface area (Å²) in [6.45, 7) is 2.15. The van der Waals surface area contributed by atoms with Crippen molar-refractivity contribution in [2.75, 3.05) is 18.6 Å². The fourth-order valence-electron chi connectivity index (χ4n) is 2.07. The lowest BCUT2D eigenvalue weighted by Gasteiger charge is -2.23. The smallest absolute Gasteiger partial charge is 0.320 e. The molecule has 1 aliphatic heterocycles. The maximum Gasteiger partial charge on any atom is 0.320 e. The lowest BCUT2D eigenvalue weighted by molar-refractivity contribution is -0.155. The number of carbonyl (C=O) groups excluding carboxylic acids is 2. The third-order valence-electron chi connectivity index (χ3n) is 3.15. The number of thioether (sulfide) groups is 1. The fraction of sp³-hybridized carbons (Fsp3) is 0.833. The van der Waals surface area contributed by atoms with Crippen LogP contribution in [0.1, 0.15) is 39.0 Å². The van der Waals surface area contributed by atoms with Gasteiger partial charge in [0.05, 0.1) is 12.9 Å². The first-order valence-corrected chi connectivity index (χ1v) is 7.02. The molecule has 1 unspecified atom stereocenters. The van der Waals surface area contributed by atoms with E-state index in [4.69, 9.17) is 4.74 Å². The Morgan fingerprint density at radius 1 is 1.44 bits per heavy atom. The molecule has 0 amide bonds. The minimum Gasteiger partial charge on any atom is -0.468 e. The van der Waals surface area contributed by atoms with Crippen molar-refractivity contribution in [3.8, 4) is 0 Å². The Hall–Kier alpha value is -0.510. The van der Waals surface area contributed by atoms with Gasteiger partial charge >= 0.3 is 5.97 Å². The van der Waals surface area contributed by atoms with Crippen molar-refractivity contribution < 1.29 is 14.3 Å². The highest BCUT2D eigenvalue weighted by Gasteiger charge is 2.49. The third-order valence-corrected chi connectivity index (χ3v) is 4.31. The van der Waals surface area contributed by atoms with E-state index in [1.54, 1.807) is 11.8 Å². The maximum atomic E-state index is 11.8. The van der Waals surface area contributed by atoms with Gasteiger partial charge in [-0.2, -0.15) is 11.8 Å². The van der Waals surface area contributed by atoms with Gasteiger partial charge < -0.3 is 4.74 Å². The normalized spacial score (nSPS) is 24.8. The van der Waals surface area contributed by atoms with Gasteiger partial charge in [-0.25, -0.2) is 0 Å². The summed E-state index contributed by atoms with van der Waals surface area (Å²) in [7, 11) is 1.37. The number of Topliss-reactive ketones (excluding diaryl/α,β-unsaturated/α-hetero) is 1. The number of hydrogen-bond acceptors (Lipinski definition) is 4. The van der Waals surface area contributed by atoms with E-state index in [-0.39, 0.29) is 11.8 Å². The molecule has 0 N–H and O–H groups in total. The first kappa shape index (κ1) is 13.6. The molecule has 0 radical (unpaired) electrons. The summed E-state index contributed by atoms with van der Waals surface area (Å²) in [5.41, 5.74) is -0.826. The van der Waals surface area contributed by atoms with Crippen LogP contribution in [0.4, 0.5) is 0 Å². The zero-order chi connectivity index (χ0) is 12.0. The van der Waals surface area contributed by atoms with E-state index in [1.165, 1.54) is 13.5 Å². The molecule has 0 bridgehead atoms. The number of unbranched alkanes of at least 4 members (excludes halogenated alkanes) is 3. The fourth-order valence-corrected chi connectivity index (χ4v) is 3.41. The topological polar surface area (TPSA) is 43.4 Å². The molecular weight excluding hydrogens is 224 g/mol. The van der Waals surface area contributed by atoms with Gasteiger partial charge in [-0.15, -0.1) is 0 Å². The zero-order valence-electron chi connectivity index (χ0n) is 10.1. The summed E-state index contributed by atoms with van der Waals surface area (Å²) < 4.78 is 4.79. The van der Waals surface area contributed by atoms with E-state index in [0.29, 0.717) is 17.9 Å². The second-order valence-corrected chi connectivity index (χ2v) is 5.29. The Kier molecular flexibility index (Phi) is 5.32. The highest BCUT2D eigenvalue weighted by molar-refractivity contribution is 8.00. The van der Waals surface area contributed by atoms with Crippen molar-refractivity contribution in [1.82, 2.24) is 0 Å². The molecule has 1 heterocycles. The van der Waals surface area contributed by atoms with Gasteiger partial charge in [0, 0.05) is 5.75 Å². The minimum absolute atomic E-state index is 0.0563. The molecular formula is C12H20O3S. The summed E-state index contributed by atoms with van der Waals surface area (Å²) in [5.74, 6) is 0.785. The van der Waals surface area contributed by atoms with E-state index < -0.39 is 5.41 Å². The van der Waals surface area contributed by atoms with E-state index in [9.17, 15) is 9.59 Å². The second-order valence-electron chi connectivity index (χ2n) is 4.30. The monoisotopic (exact) mass is 244 g/mol. The molecule has 0 aromatic carbocycles. The molecule has 1 aliphatic rings. The van der Waals surface area contributed by atoms with Crippen molar-refractivity contribution in [3.63, 3.8) is 0 Å². The molecule has 0 spiro atoms. The molecule has 1 fully saturated rings. The molecule has 3 nitrogen and oxygen atoms in total. The first-order chi connectivity index (χ1) is 7.67. The zero-order valence-corrected chi connectivity index (χ0v) is 10.9. The molecule has 0 aromatic rings. The van der Waals surface area contributed by atoms with Crippen molar-refractivity contribution in [2.45, 2.75) is 39.0 Å². The highest BCUT2D eigenvalue weighted by atomic mass is 32.2. The predicted molar refractivity (Wildman–Crippen MR) is 65.5 cm³/mol. The van der Waals surface area contributed by atoms with Crippen molar-refractivity contribution in [3.05, 3.63) is 0 Å². The first-order valence-electron chi connectivity index (χ1n) is 5.87. The van der Waals surface area contributed by atoms with Crippen LogP contribution in [0.3, 0.4) is 0 Å². The van der Waals surface area contributed by atoms with Crippen LogP contribution < -0.4 is 0 Å².